The average molecular weight is 390 g/mol. The first kappa shape index (κ1) is 19.0. The van der Waals surface area contributed by atoms with E-state index in [4.69, 9.17) is 15.2 Å². The van der Waals surface area contributed by atoms with Crippen molar-refractivity contribution in [2.75, 3.05) is 12.4 Å². The summed E-state index contributed by atoms with van der Waals surface area (Å²) in [5.41, 5.74) is 5.23. The lowest BCUT2D eigenvalue weighted by molar-refractivity contribution is 0.0995. The Balaban J connectivity index is 1.68. The summed E-state index contributed by atoms with van der Waals surface area (Å²) in [5, 5.41) is 9.04. The Bertz CT molecular complexity index is 1010. The van der Waals surface area contributed by atoms with Crippen LogP contribution in [0.2, 0.25) is 0 Å². The molecule has 0 saturated carbocycles. The summed E-state index contributed by atoms with van der Waals surface area (Å²) in [6.45, 7) is 1.14. The molecule has 0 aliphatic carbocycles. The van der Waals surface area contributed by atoms with Crippen LogP contribution in [0.4, 0.5) is 20.5 Å². The summed E-state index contributed by atoms with van der Waals surface area (Å²) in [5.74, 6) is -1.59. The van der Waals surface area contributed by atoms with E-state index in [1.807, 2.05) is 0 Å². The number of nitrogens with two attached hydrogens (primary N) is 1. The van der Waals surface area contributed by atoms with Gasteiger partial charge in [-0.1, -0.05) is 0 Å². The molecule has 0 aliphatic heterocycles. The minimum absolute atomic E-state index is 0.0670. The summed E-state index contributed by atoms with van der Waals surface area (Å²) >= 11 is 0. The van der Waals surface area contributed by atoms with Gasteiger partial charge in [0.2, 0.25) is 5.95 Å². The predicted molar refractivity (Wildman–Crippen MR) is 94.4 cm³/mol. The predicted octanol–water partition coefficient (Wildman–Crippen LogP) is 2.22. The molecule has 1 aromatic carbocycles. The highest BCUT2D eigenvalue weighted by molar-refractivity contribution is 5.91. The summed E-state index contributed by atoms with van der Waals surface area (Å²) in [6, 6.07) is 2.67. The number of benzene rings is 1. The van der Waals surface area contributed by atoms with E-state index >= 15 is 0 Å². The maximum absolute atomic E-state index is 14.3. The molecular formula is C17H16F2N6O3. The molecule has 11 heteroatoms. The van der Waals surface area contributed by atoms with Gasteiger partial charge in [0.25, 0.3) is 5.91 Å². The molecule has 0 fully saturated rings. The van der Waals surface area contributed by atoms with Crippen molar-refractivity contribution in [2.24, 2.45) is 5.73 Å². The molecule has 0 saturated heterocycles. The second-order valence-electron chi connectivity index (χ2n) is 5.69. The summed E-state index contributed by atoms with van der Waals surface area (Å²) in [7, 11) is 1.30. The smallest absolute Gasteiger partial charge is 0.266 e. The molecule has 0 spiro atoms. The van der Waals surface area contributed by atoms with E-state index in [1.165, 1.54) is 38.6 Å². The molecule has 0 bridgehead atoms. The number of aromatic nitrogens is 4. The van der Waals surface area contributed by atoms with E-state index < -0.39 is 17.5 Å². The number of carbonyl (C=O) groups excluding carboxylic acids is 1. The Morgan fingerprint density at radius 1 is 1.25 bits per heavy atom. The summed E-state index contributed by atoms with van der Waals surface area (Å²) in [6.07, 6.45) is 2.64. The third-order valence-corrected chi connectivity index (χ3v) is 3.75. The van der Waals surface area contributed by atoms with Gasteiger partial charge in [0.1, 0.15) is 18.1 Å². The van der Waals surface area contributed by atoms with Crippen LogP contribution in [0.25, 0.3) is 0 Å². The molecule has 0 atom stereocenters. The van der Waals surface area contributed by atoms with Crippen molar-refractivity contribution < 1.29 is 23.0 Å². The first-order valence-electron chi connectivity index (χ1n) is 7.97. The molecule has 0 radical (unpaired) electrons. The number of aryl methyl sites for hydroxylation is 1. The Morgan fingerprint density at radius 3 is 2.57 bits per heavy atom. The van der Waals surface area contributed by atoms with Crippen molar-refractivity contribution in [1.82, 2.24) is 20.2 Å². The van der Waals surface area contributed by atoms with Crippen LogP contribution in [-0.4, -0.2) is 33.2 Å². The van der Waals surface area contributed by atoms with E-state index in [2.05, 4.69) is 25.5 Å². The maximum atomic E-state index is 14.3. The van der Waals surface area contributed by atoms with E-state index in [9.17, 15) is 13.6 Å². The fourth-order valence-corrected chi connectivity index (χ4v) is 2.32. The zero-order valence-corrected chi connectivity index (χ0v) is 14.9. The van der Waals surface area contributed by atoms with Gasteiger partial charge >= 0.3 is 0 Å². The second-order valence-corrected chi connectivity index (χ2v) is 5.69. The number of primary amides is 1. The van der Waals surface area contributed by atoms with Crippen LogP contribution in [0.15, 0.2) is 24.5 Å². The molecule has 0 unspecified atom stereocenters. The highest BCUT2D eigenvalue weighted by Crippen LogP contribution is 2.27. The zero-order chi connectivity index (χ0) is 20.3. The van der Waals surface area contributed by atoms with Gasteiger partial charge in [0, 0.05) is 6.07 Å². The number of methoxy groups -OCH3 is 1. The lowest BCUT2D eigenvalue weighted by atomic mass is 10.1. The number of halogens is 2. The van der Waals surface area contributed by atoms with Crippen molar-refractivity contribution in [3.05, 3.63) is 53.0 Å². The molecule has 3 aromatic rings. The minimum atomic E-state index is -0.825. The normalized spacial score (nSPS) is 10.6. The molecule has 1 amide bonds. The third-order valence-electron chi connectivity index (χ3n) is 3.75. The van der Waals surface area contributed by atoms with Gasteiger partial charge in [-0.05, 0) is 18.6 Å². The van der Waals surface area contributed by atoms with Gasteiger partial charge in [-0.25, -0.2) is 18.7 Å². The molecular weight excluding hydrogens is 374 g/mol. The van der Waals surface area contributed by atoms with Crippen molar-refractivity contribution in [3.63, 3.8) is 0 Å². The third kappa shape index (κ3) is 3.98. The summed E-state index contributed by atoms with van der Waals surface area (Å²) < 4.78 is 38.7. The van der Waals surface area contributed by atoms with Crippen LogP contribution in [0.5, 0.6) is 11.5 Å². The Hall–Kier alpha value is -3.76. The van der Waals surface area contributed by atoms with Gasteiger partial charge in [-0.2, -0.15) is 5.10 Å². The number of amides is 1. The van der Waals surface area contributed by atoms with E-state index in [0.29, 0.717) is 5.82 Å². The van der Waals surface area contributed by atoms with Crippen LogP contribution in [0, 0.1) is 18.6 Å². The summed E-state index contributed by atoms with van der Waals surface area (Å²) in [4.78, 5) is 19.0. The number of anilines is 2. The first-order valence-corrected chi connectivity index (χ1v) is 7.97. The standard InChI is InChI=1S/C17H16F2N6O3/c1-8-3-12(27-2)15(19)10(14(8)18)7-28-9-5-21-17(22-6-9)23-13-4-11(16(20)26)24-25-13/h3-6H,7H2,1-2H3,(H2,20,26)(H2,21,22,23,24,25). The molecule has 2 heterocycles. The van der Waals surface area contributed by atoms with Gasteiger partial charge < -0.3 is 20.5 Å². The fraction of sp³-hybridized carbons (Fsp3) is 0.176. The van der Waals surface area contributed by atoms with Gasteiger partial charge in [-0.3, -0.25) is 9.89 Å². The number of ether oxygens (including phenoxy) is 2. The number of hydrogen-bond donors (Lipinski definition) is 3. The van der Waals surface area contributed by atoms with Crippen molar-refractivity contribution in [3.8, 4) is 11.5 Å². The van der Waals surface area contributed by atoms with Gasteiger partial charge in [-0.15, -0.1) is 0 Å². The Kier molecular flexibility index (Phi) is 5.34. The number of rotatable bonds is 7. The molecule has 146 valence electrons. The number of hydrogen-bond acceptors (Lipinski definition) is 7. The van der Waals surface area contributed by atoms with E-state index in [1.54, 1.807) is 0 Å². The molecule has 2 aromatic heterocycles. The van der Waals surface area contributed by atoms with Crippen LogP contribution < -0.4 is 20.5 Å². The van der Waals surface area contributed by atoms with Crippen molar-refractivity contribution >= 4 is 17.7 Å². The first-order chi connectivity index (χ1) is 13.4. The number of nitrogens with one attached hydrogen (secondary N) is 2. The van der Waals surface area contributed by atoms with Crippen molar-refractivity contribution in [2.45, 2.75) is 13.5 Å². The topological polar surface area (TPSA) is 128 Å². The monoisotopic (exact) mass is 390 g/mol. The van der Waals surface area contributed by atoms with E-state index in [-0.39, 0.29) is 40.9 Å². The molecule has 3 rings (SSSR count). The van der Waals surface area contributed by atoms with Gasteiger partial charge in [0.05, 0.1) is 25.1 Å². The highest BCUT2D eigenvalue weighted by atomic mass is 19.1. The van der Waals surface area contributed by atoms with Crippen molar-refractivity contribution in [1.29, 1.82) is 0 Å². The largest absolute Gasteiger partial charge is 0.494 e. The average Bonchev–Trinajstić information content (AvgIpc) is 3.15. The number of aromatic amines is 1. The lowest BCUT2D eigenvalue weighted by Gasteiger charge is -2.12. The van der Waals surface area contributed by atoms with Gasteiger partial charge in [0.15, 0.2) is 23.1 Å². The maximum Gasteiger partial charge on any atom is 0.266 e. The number of nitrogens with zero attached hydrogens (tertiary/aromatic N) is 3. The SMILES string of the molecule is COc1cc(C)c(F)c(COc2cnc(Nc3cc(C(N)=O)[nH]n3)nc2)c1F. The lowest BCUT2D eigenvalue weighted by Crippen LogP contribution is -2.11. The number of H-pyrrole nitrogens is 1. The Morgan fingerprint density at radius 2 is 1.96 bits per heavy atom. The minimum Gasteiger partial charge on any atom is -0.494 e. The van der Waals surface area contributed by atoms with E-state index in [0.717, 1.165) is 0 Å². The molecule has 9 nitrogen and oxygen atoms in total. The molecule has 4 N–H and O–H groups in total. The molecule has 0 aliphatic rings. The zero-order valence-electron chi connectivity index (χ0n) is 14.9. The fourth-order valence-electron chi connectivity index (χ4n) is 2.32. The van der Waals surface area contributed by atoms with Crippen LogP contribution in [-0.2, 0) is 6.61 Å². The number of carbonyl (C=O) groups is 1. The molecule has 28 heavy (non-hydrogen) atoms. The highest BCUT2D eigenvalue weighted by Gasteiger charge is 2.18. The second kappa shape index (κ2) is 7.86. The quantitative estimate of drug-likeness (QED) is 0.564. The van der Waals surface area contributed by atoms with Crippen LogP contribution in [0.1, 0.15) is 21.6 Å². The Labute approximate surface area is 157 Å². The van der Waals surface area contributed by atoms with Crippen LogP contribution in [0.3, 0.4) is 0 Å². The van der Waals surface area contributed by atoms with Crippen LogP contribution >= 0.6 is 0 Å².